The Morgan fingerprint density at radius 2 is 1.57 bits per heavy atom. The maximum absolute atomic E-state index is 13.2. The van der Waals surface area contributed by atoms with Gasteiger partial charge in [-0.1, -0.05) is 68.3 Å². The third-order valence-corrected chi connectivity index (χ3v) is 5.89. The Kier molecular flexibility index (Phi) is 8.37. The molecule has 2 atom stereocenters. The highest BCUT2D eigenvalue weighted by Gasteiger charge is 2.43. The van der Waals surface area contributed by atoms with Crippen LogP contribution in [-0.4, -0.2) is 47.9 Å². The van der Waals surface area contributed by atoms with E-state index in [0.717, 1.165) is 22.3 Å². The van der Waals surface area contributed by atoms with E-state index < -0.39 is 42.7 Å². The summed E-state index contributed by atoms with van der Waals surface area (Å²) in [5.41, 5.74) is 4.05. The fourth-order valence-electron chi connectivity index (χ4n) is 4.15. The maximum Gasteiger partial charge on any atom is 0.409 e. The highest BCUT2D eigenvalue weighted by atomic mass is 19.4. The van der Waals surface area contributed by atoms with Gasteiger partial charge in [0.1, 0.15) is 18.7 Å². The number of fused-ring (bicyclic) bond motifs is 3. The number of nitrogens with one attached hydrogen (secondary N) is 2. The summed E-state index contributed by atoms with van der Waals surface area (Å²) in [7, 11) is 0. The monoisotopic (exact) mass is 492 g/mol. The van der Waals surface area contributed by atoms with Gasteiger partial charge in [0.05, 0.1) is 6.42 Å². The summed E-state index contributed by atoms with van der Waals surface area (Å²) in [4.78, 5) is 35.9. The Balaban J connectivity index is 1.67. The first-order valence-corrected chi connectivity index (χ1v) is 11.3. The molecule has 2 aromatic rings. The van der Waals surface area contributed by atoms with Gasteiger partial charge in [-0.3, -0.25) is 9.59 Å². The maximum atomic E-state index is 13.2. The minimum atomic E-state index is -4.95. The number of hydrogen-bond acceptors (Lipinski definition) is 4. The van der Waals surface area contributed by atoms with E-state index in [-0.39, 0.29) is 18.9 Å². The zero-order valence-corrected chi connectivity index (χ0v) is 19.1. The van der Waals surface area contributed by atoms with E-state index in [1.165, 1.54) is 0 Å². The van der Waals surface area contributed by atoms with Crippen molar-refractivity contribution in [3.63, 3.8) is 0 Å². The Bertz CT molecular complexity index is 1030. The van der Waals surface area contributed by atoms with E-state index in [2.05, 4.69) is 5.32 Å². The predicted molar refractivity (Wildman–Crippen MR) is 122 cm³/mol. The molecule has 0 aliphatic heterocycles. The molecule has 1 aliphatic rings. The number of carboxylic acid groups (broad SMARTS) is 1. The van der Waals surface area contributed by atoms with Crippen LogP contribution in [0.1, 0.15) is 49.7 Å². The van der Waals surface area contributed by atoms with Gasteiger partial charge in [0.25, 0.3) is 0 Å². The van der Waals surface area contributed by atoms with Crippen LogP contribution in [0.5, 0.6) is 0 Å². The average Bonchev–Trinajstić information content (AvgIpc) is 3.12. The fraction of sp³-hybridized carbons (Fsp3) is 0.400. The van der Waals surface area contributed by atoms with Crippen molar-refractivity contribution in [3.8, 4) is 11.1 Å². The van der Waals surface area contributed by atoms with Crippen molar-refractivity contribution >= 4 is 18.0 Å². The number of carbonyl (C=O) groups is 3. The lowest BCUT2D eigenvalue weighted by Gasteiger charge is -2.24. The standard InChI is InChI=1S/C25H27F3N2O5/c1-2-3-12-20(23(33)30-21(13-22(31)32)25(26,27)28)29-24(34)35-14-19-17-10-6-4-8-15(17)16-9-5-7-11-18(16)19/h4-11,19-21H,2-3,12-14H2,1H3,(H,29,34)(H,30,33)(H,31,32). The molecule has 0 heterocycles. The van der Waals surface area contributed by atoms with E-state index in [4.69, 9.17) is 9.84 Å². The van der Waals surface area contributed by atoms with Crippen LogP contribution >= 0.6 is 0 Å². The molecule has 3 rings (SSSR count). The van der Waals surface area contributed by atoms with Crippen LogP contribution in [0.25, 0.3) is 11.1 Å². The van der Waals surface area contributed by atoms with Gasteiger partial charge >= 0.3 is 18.2 Å². The zero-order valence-electron chi connectivity index (χ0n) is 19.1. The number of halogens is 3. The number of aliphatic carboxylic acids is 1. The first kappa shape index (κ1) is 26.1. The number of ether oxygens (including phenoxy) is 1. The van der Waals surface area contributed by atoms with Crippen LogP contribution in [0.2, 0.25) is 0 Å². The van der Waals surface area contributed by atoms with Crippen LogP contribution in [0, 0.1) is 0 Å². The van der Waals surface area contributed by atoms with Crippen LogP contribution in [0.15, 0.2) is 48.5 Å². The van der Waals surface area contributed by atoms with E-state index in [9.17, 15) is 27.6 Å². The number of amides is 2. The minimum absolute atomic E-state index is 0.0217. The average molecular weight is 492 g/mol. The zero-order chi connectivity index (χ0) is 25.6. The van der Waals surface area contributed by atoms with E-state index in [1.54, 1.807) is 5.32 Å². The van der Waals surface area contributed by atoms with Crippen molar-refractivity contribution in [1.29, 1.82) is 0 Å². The largest absolute Gasteiger partial charge is 0.481 e. The molecule has 2 aromatic carbocycles. The normalized spacial score (nSPS) is 14.4. The quantitative estimate of drug-likeness (QED) is 0.450. The summed E-state index contributed by atoms with van der Waals surface area (Å²) in [6.45, 7) is 1.80. The second-order valence-electron chi connectivity index (χ2n) is 8.37. The van der Waals surface area contributed by atoms with Gasteiger partial charge in [-0.25, -0.2) is 4.79 Å². The lowest BCUT2D eigenvalue weighted by atomic mass is 9.98. The summed E-state index contributed by atoms with van der Waals surface area (Å²) >= 11 is 0. The number of carboxylic acids is 1. The molecule has 1 aliphatic carbocycles. The molecule has 0 bridgehead atoms. The molecular weight excluding hydrogens is 465 g/mol. The van der Waals surface area contributed by atoms with Gasteiger partial charge in [0.15, 0.2) is 0 Å². The summed E-state index contributed by atoms with van der Waals surface area (Å²) in [6.07, 6.45) is -6.05. The van der Waals surface area contributed by atoms with Gasteiger partial charge in [-0.15, -0.1) is 0 Å². The molecule has 2 amide bonds. The van der Waals surface area contributed by atoms with E-state index in [0.29, 0.717) is 12.8 Å². The fourth-order valence-corrected chi connectivity index (χ4v) is 4.15. The molecule has 0 saturated heterocycles. The van der Waals surface area contributed by atoms with Crippen molar-refractivity contribution in [2.24, 2.45) is 0 Å². The van der Waals surface area contributed by atoms with Crippen molar-refractivity contribution < 1.29 is 37.4 Å². The lowest BCUT2D eigenvalue weighted by Crippen LogP contribution is -2.54. The Labute approximate surface area is 200 Å². The molecule has 2 unspecified atom stereocenters. The number of carbonyl (C=O) groups excluding carboxylic acids is 2. The highest BCUT2D eigenvalue weighted by molar-refractivity contribution is 5.86. The molecule has 0 aromatic heterocycles. The molecule has 7 nitrogen and oxygen atoms in total. The van der Waals surface area contributed by atoms with Crippen molar-refractivity contribution in [1.82, 2.24) is 10.6 Å². The smallest absolute Gasteiger partial charge is 0.409 e. The summed E-state index contributed by atoms with van der Waals surface area (Å²) in [5.74, 6) is -3.04. The second-order valence-corrected chi connectivity index (χ2v) is 8.37. The van der Waals surface area contributed by atoms with Crippen molar-refractivity contribution in [3.05, 3.63) is 59.7 Å². The van der Waals surface area contributed by atoms with Crippen LogP contribution in [0.4, 0.5) is 18.0 Å². The number of alkyl halides is 3. The molecule has 188 valence electrons. The van der Waals surface area contributed by atoms with E-state index >= 15 is 0 Å². The lowest BCUT2D eigenvalue weighted by molar-refractivity contribution is -0.170. The summed E-state index contributed by atoms with van der Waals surface area (Å²) < 4.78 is 44.9. The van der Waals surface area contributed by atoms with E-state index in [1.807, 2.05) is 55.5 Å². The third-order valence-electron chi connectivity index (χ3n) is 5.89. The van der Waals surface area contributed by atoms with Crippen molar-refractivity contribution in [2.75, 3.05) is 6.61 Å². The van der Waals surface area contributed by atoms with Crippen LogP contribution in [0.3, 0.4) is 0 Å². The number of rotatable bonds is 10. The van der Waals surface area contributed by atoms with Gasteiger partial charge in [0, 0.05) is 5.92 Å². The first-order valence-electron chi connectivity index (χ1n) is 11.3. The predicted octanol–water partition coefficient (Wildman–Crippen LogP) is 4.61. The Hall–Kier alpha value is -3.56. The molecule has 0 spiro atoms. The number of unbranched alkanes of at least 4 members (excludes halogenated alkanes) is 1. The molecule has 0 fully saturated rings. The SMILES string of the molecule is CCCCC(NC(=O)OCC1c2ccccc2-c2ccccc21)C(=O)NC(CC(=O)O)C(F)(F)F. The molecule has 0 radical (unpaired) electrons. The molecule has 10 heteroatoms. The number of benzene rings is 2. The van der Waals surface area contributed by atoms with Crippen LogP contribution in [-0.2, 0) is 14.3 Å². The Morgan fingerprint density at radius 1 is 1.00 bits per heavy atom. The molecule has 35 heavy (non-hydrogen) atoms. The molecule has 3 N–H and O–H groups in total. The Morgan fingerprint density at radius 3 is 2.09 bits per heavy atom. The third kappa shape index (κ3) is 6.52. The molecule has 0 saturated carbocycles. The van der Waals surface area contributed by atoms with Gasteiger partial charge in [-0.05, 0) is 28.7 Å². The first-order chi connectivity index (χ1) is 16.6. The van der Waals surface area contributed by atoms with Crippen molar-refractivity contribution in [2.45, 2.75) is 56.8 Å². The van der Waals surface area contributed by atoms with Gasteiger partial charge in [0.2, 0.25) is 5.91 Å². The highest BCUT2D eigenvalue weighted by Crippen LogP contribution is 2.44. The summed E-state index contributed by atoms with van der Waals surface area (Å²) in [6, 6.07) is 11.6. The van der Waals surface area contributed by atoms with Gasteiger partial charge < -0.3 is 20.5 Å². The van der Waals surface area contributed by atoms with Gasteiger partial charge in [-0.2, -0.15) is 13.2 Å². The number of hydrogen-bond donors (Lipinski definition) is 3. The molecular formula is C25H27F3N2O5. The minimum Gasteiger partial charge on any atom is -0.481 e. The topological polar surface area (TPSA) is 105 Å². The summed E-state index contributed by atoms with van der Waals surface area (Å²) in [5, 5.41) is 12.8. The second kappa shape index (κ2) is 11.2. The number of alkyl carbamates (subject to hydrolysis) is 1. The van der Waals surface area contributed by atoms with Crippen LogP contribution < -0.4 is 10.6 Å².